The number of thiazole rings is 1. The SMILES string of the molecule is CN(Cc1cnc(Cl)c(F)c1)C1=CC(=O)OC1.O=C1C=C(N(CCF)Cc2ccc(Br)nc2)CO1.O=C1C=C(N(CCF)Cc2ccc(Cl)nc2)CO1.O=C1C=C(N(CCF)Cc2cnc(Cl)c(Cl)c2)CO1.O=C1C=C(N(CCF)Cc2cnc(Cl)s2)CO1.O=C1C=C(N(Cc2ccc(Cl)nc2)CC(F)F)CO1.O=C1C=C(N(Cc2ccc(F)nc2)CC(F)F)CO1. The van der Waals surface area contributed by atoms with Crippen molar-refractivity contribution < 1.29 is 111 Å². The minimum absolute atomic E-state index is 0.0204. The number of hydrogen-bond acceptors (Lipinski definition) is 29. The number of halogens is 17. The minimum Gasteiger partial charge on any atom is -0.456 e. The normalized spacial score (nSPS) is 14.5. The zero-order valence-corrected chi connectivity index (χ0v) is 73.7. The van der Waals surface area contributed by atoms with Gasteiger partial charge in [0.2, 0.25) is 5.95 Å². The number of likely N-dealkylation sites (N-methyl/N-ethyl adjacent to an activating group) is 1. The Kier molecular flexibility index (Phi) is 41.9. The van der Waals surface area contributed by atoms with Crippen molar-refractivity contribution in [3.05, 3.63) is 271 Å². The lowest BCUT2D eigenvalue weighted by Gasteiger charge is -2.24. The highest BCUT2D eigenvalue weighted by molar-refractivity contribution is 9.10. The molecule has 0 radical (unpaired) electrons. The van der Waals surface area contributed by atoms with Crippen LogP contribution in [0, 0.1) is 11.8 Å². The molecule has 14 heterocycles. The fraction of sp³-hybridized carbons (Fsp3) is 0.333. The first-order valence-corrected chi connectivity index (χ1v) is 41.4. The Hall–Kier alpha value is -10.9. The summed E-state index contributed by atoms with van der Waals surface area (Å²) in [5, 5.41) is 1.17. The van der Waals surface area contributed by atoms with Gasteiger partial charge in [0.1, 0.15) is 93.0 Å². The standard InChI is InChI=1S/C12H12BrFN2O2.C12H11Cl2FN2O2.C12H11ClF2N2O2.C12H12ClFN2O2.C12H11F3N2O2.C11H10ClFN2O2.C10H10ClFN2O2S/c13-11-2-1-9(6-15-11)7-16(4-3-14)10-5-12(17)18-8-10;13-10-3-8(5-16-12(10)14)6-17(2-1-15)9-4-11(18)19-7-9;13-10-2-1-8(4-16-10)5-17(6-11(14)15)9-3-12(18)19-7-9;13-11-2-1-9(6-15-11)7-16(4-3-14)10-5-12(17)18-8-10;13-10(14)6-17(9-3-12(18)19-7-9)5-8-1-2-11(15)16-4-8;1-15(8-3-10(16)17-6-8)5-7-2-9(13)11(12)14-4-7;11-10-13-4-8(17-10)5-14(2-1-12)7-3-9(15)16-6-7/h1-2,5-6H,3-4,7-8H2;3-5H,1-2,6-7H2;1-4,11H,5-7H2;1-2,5-6H,3-4,7-8H2;1-4,10H,5-7H2;2-4H,5-6H2,1H3;3-4H,1-2,5-6H2. The summed E-state index contributed by atoms with van der Waals surface area (Å²) in [6.07, 6.45) is 15.2. The number of aromatic nitrogens is 7. The Bertz CT molecular complexity index is 4950. The molecule has 0 amide bonds. The first-order chi connectivity index (χ1) is 60.8. The number of ether oxygens (including phenoxy) is 7. The van der Waals surface area contributed by atoms with Crippen LogP contribution < -0.4 is 0 Å². The van der Waals surface area contributed by atoms with E-state index in [4.69, 9.17) is 103 Å². The lowest BCUT2D eigenvalue weighted by atomic mass is 10.2. The average Bonchev–Trinajstić information content (AvgIpc) is 1.83. The van der Waals surface area contributed by atoms with E-state index in [1.807, 2.05) is 18.2 Å². The van der Waals surface area contributed by atoms with Gasteiger partial charge in [0.15, 0.2) is 15.4 Å². The largest absolute Gasteiger partial charge is 0.456 e. The number of carbonyl (C=O) groups excluding carboxylic acids is 7. The van der Waals surface area contributed by atoms with E-state index in [9.17, 15) is 77.5 Å². The molecule has 680 valence electrons. The predicted molar refractivity (Wildman–Crippen MR) is 448 cm³/mol. The molecule has 7 aliphatic heterocycles. The van der Waals surface area contributed by atoms with Crippen LogP contribution in [-0.2, 0) is 113 Å². The summed E-state index contributed by atoms with van der Waals surface area (Å²) >= 11 is 38.8. The summed E-state index contributed by atoms with van der Waals surface area (Å²) in [5.74, 6) is -4.15. The van der Waals surface area contributed by atoms with Gasteiger partial charge in [-0.2, -0.15) is 4.39 Å². The van der Waals surface area contributed by atoms with Gasteiger partial charge < -0.3 is 67.5 Å². The molecular formula is C81H77BrCl6F10N14O14S. The topological polar surface area (TPSA) is 297 Å². The molecule has 0 atom stereocenters. The molecule has 0 fully saturated rings. The minimum atomic E-state index is -2.55. The van der Waals surface area contributed by atoms with Crippen molar-refractivity contribution in [2.45, 2.75) is 58.7 Å². The van der Waals surface area contributed by atoms with E-state index in [1.54, 1.807) is 80.6 Å². The van der Waals surface area contributed by atoms with Gasteiger partial charge in [-0.1, -0.05) is 93.9 Å². The quantitative estimate of drug-likeness (QED) is 0.0160. The summed E-state index contributed by atoms with van der Waals surface area (Å²) in [7, 11) is 1.79. The van der Waals surface area contributed by atoms with Crippen LogP contribution >= 0.6 is 96.9 Å². The van der Waals surface area contributed by atoms with Gasteiger partial charge in [-0.3, -0.25) is 0 Å². The van der Waals surface area contributed by atoms with E-state index in [0.29, 0.717) is 97.8 Å². The van der Waals surface area contributed by atoms with Crippen LogP contribution in [-0.4, -0.2) is 243 Å². The molecule has 0 unspecified atom stereocenters. The highest BCUT2D eigenvalue weighted by Crippen LogP contribution is 2.28. The van der Waals surface area contributed by atoms with E-state index in [0.717, 1.165) is 43.5 Å². The number of hydrogen-bond donors (Lipinski definition) is 0. The molecule has 0 saturated carbocycles. The Morgan fingerprint density at radius 3 is 1.00 bits per heavy atom. The Morgan fingerprint density at radius 2 is 0.693 bits per heavy atom. The van der Waals surface area contributed by atoms with Crippen molar-refractivity contribution in [3.8, 4) is 0 Å². The third-order valence-corrected chi connectivity index (χ3v) is 20.6. The van der Waals surface area contributed by atoms with Crippen LogP contribution in [0.5, 0.6) is 0 Å². The molecule has 0 bridgehead atoms. The second-order valence-corrected chi connectivity index (χ2v) is 31.2. The van der Waals surface area contributed by atoms with Crippen molar-refractivity contribution >= 4 is 139 Å². The van der Waals surface area contributed by atoms with Gasteiger partial charge >= 0.3 is 41.8 Å². The van der Waals surface area contributed by atoms with Gasteiger partial charge in [0.25, 0.3) is 12.9 Å². The lowest BCUT2D eigenvalue weighted by molar-refractivity contribution is -0.136. The van der Waals surface area contributed by atoms with Crippen molar-refractivity contribution in [1.29, 1.82) is 0 Å². The van der Waals surface area contributed by atoms with E-state index in [1.165, 1.54) is 94.4 Å². The second-order valence-electron chi connectivity index (χ2n) is 26.8. The van der Waals surface area contributed by atoms with Crippen molar-refractivity contribution in [3.63, 3.8) is 0 Å². The maximum atomic E-state index is 13.2. The first-order valence-electron chi connectivity index (χ1n) is 37.6. The maximum Gasteiger partial charge on any atom is 0.333 e. The van der Waals surface area contributed by atoms with E-state index < -0.39 is 82.3 Å². The summed E-state index contributed by atoms with van der Waals surface area (Å²) in [6, 6.07) is 16.1. The molecule has 7 aliphatic rings. The predicted octanol–water partition coefficient (Wildman–Crippen LogP) is 14.3. The van der Waals surface area contributed by atoms with Crippen LogP contribution in [0.4, 0.5) is 43.9 Å². The number of nitrogens with zero attached hydrogens (tertiary/aromatic N) is 14. The van der Waals surface area contributed by atoms with Gasteiger partial charge in [0, 0.05) is 163 Å². The van der Waals surface area contributed by atoms with Crippen LogP contribution in [0.25, 0.3) is 0 Å². The van der Waals surface area contributed by atoms with Crippen molar-refractivity contribution in [1.82, 2.24) is 69.2 Å². The molecule has 0 aromatic carbocycles. The number of rotatable bonds is 33. The molecule has 28 nitrogen and oxygen atoms in total. The number of carbonyl (C=O) groups is 7. The molecule has 0 N–H and O–H groups in total. The van der Waals surface area contributed by atoms with Gasteiger partial charge in [0.05, 0.1) is 64.5 Å². The summed E-state index contributed by atoms with van der Waals surface area (Å²) in [5.41, 5.74) is 8.92. The van der Waals surface area contributed by atoms with Crippen LogP contribution in [0.3, 0.4) is 0 Å². The fourth-order valence-electron chi connectivity index (χ4n) is 11.6. The third-order valence-electron chi connectivity index (χ3n) is 17.6. The molecule has 14 rings (SSSR count). The highest BCUT2D eigenvalue weighted by Gasteiger charge is 2.28. The molecular weight excluding hydrogens is 1910 g/mol. The molecule has 0 spiro atoms. The van der Waals surface area contributed by atoms with E-state index in [2.05, 4.69) is 50.8 Å². The zero-order chi connectivity index (χ0) is 92.1. The molecule has 127 heavy (non-hydrogen) atoms. The molecule has 46 heteroatoms. The Balaban J connectivity index is 0.000000183. The highest BCUT2D eigenvalue weighted by atomic mass is 79.9. The van der Waals surface area contributed by atoms with Crippen molar-refractivity contribution in [2.75, 3.05) is 119 Å². The van der Waals surface area contributed by atoms with E-state index >= 15 is 0 Å². The number of esters is 7. The Morgan fingerprint density at radius 1 is 0.370 bits per heavy atom. The summed E-state index contributed by atoms with van der Waals surface area (Å²) in [6.45, 7) is 1.47. The van der Waals surface area contributed by atoms with Crippen LogP contribution in [0.2, 0.25) is 30.1 Å². The van der Waals surface area contributed by atoms with Gasteiger partial charge in [-0.25, -0.2) is 108 Å². The monoisotopic (exact) mass is 1980 g/mol. The smallest absolute Gasteiger partial charge is 0.333 e. The third kappa shape index (κ3) is 35.7. The number of alkyl halides is 8. The van der Waals surface area contributed by atoms with Crippen molar-refractivity contribution in [2.24, 2.45) is 0 Å². The second kappa shape index (κ2) is 52.4. The van der Waals surface area contributed by atoms with Gasteiger partial charge in [-0.15, -0.1) is 11.3 Å². The van der Waals surface area contributed by atoms with E-state index in [-0.39, 0.29) is 120 Å². The average molecular weight is 1990 g/mol. The van der Waals surface area contributed by atoms with Crippen LogP contribution in [0.1, 0.15) is 38.3 Å². The van der Waals surface area contributed by atoms with Gasteiger partial charge in [-0.05, 0) is 85.7 Å². The summed E-state index contributed by atoms with van der Waals surface area (Å²) < 4.78 is 161. The molecule has 7 aromatic rings. The summed E-state index contributed by atoms with van der Waals surface area (Å²) in [4.78, 5) is 116. The lowest BCUT2D eigenvalue weighted by Crippen LogP contribution is -2.28. The molecule has 7 aromatic heterocycles. The maximum absolute atomic E-state index is 13.2. The molecule has 0 saturated heterocycles. The van der Waals surface area contributed by atoms with Crippen LogP contribution in [0.15, 0.2) is 191 Å². The Labute approximate surface area is 762 Å². The number of cyclic esters (lactones) is 7. The first kappa shape index (κ1) is 102. The molecule has 0 aliphatic carbocycles. The zero-order valence-electron chi connectivity index (χ0n) is 66.8. The number of pyridine rings is 6. The fourth-order valence-corrected chi connectivity index (χ4v) is 13.4.